The second kappa shape index (κ2) is 24.9. The van der Waals surface area contributed by atoms with Gasteiger partial charge in [-0.3, -0.25) is 0 Å². The van der Waals surface area contributed by atoms with E-state index in [0.29, 0.717) is 30.1 Å². The largest absolute Gasteiger partial charge is 0.344 e. The molecule has 0 aromatic rings. The fourth-order valence-corrected chi connectivity index (χ4v) is 8.40. The summed E-state index contributed by atoms with van der Waals surface area (Å²) < 4.78 is 14.1. The van der Waals surface area contributed by atoms with Crippen LogP contribution in [0.2, 0.25) is 0 Å². The lowest BCUT2D eigenvalue weighted by molar-refractivity contribution is -0.196. The van der Waals surface area contributed by atoms with E-state index >= 15 is 0 Å². The van der Waals surface area contributed by atoms with Gasteiger partial charge in [0, 0.05) is 24.8 Å². The molecule has 2 aliphatic carbocycles. The fourth-order valence-electron chi connectivity index (χ4n) is 8.40. The molecule has 3 fully saturated rings. The number of unbranched alkanes of at least 4 members (excludes halogenated alkanes) is 16. The average Bonchev–Trinajstić information content (AvgIpc) is 3.76. The van der Waals surface area contributed by atoms with Crippen LogP contribution in [-0.4, -0.2) is 43.0 Å². The van der Waals surface area contributed by atoms with Crippen molar-refractivity contribution in [3.8, 4) is 0 Å². The van der Waals surface area contributed by atoms with Gasteiger partial charge in [0.25, 0.3) is 0 Å². The molecule has 3 aliphatic rings. The maximum Gasteiger partial charge on any atom is 0.169 e. The molecule has 1 saturated heterocycles. The molecule has 0 aromatic heterocycles. The summed E-state index contributed by atoms with van der Waals surface area (Å²) in [6.45, 7) is 4.52. The van der Waals surface area contributed by atoms with Gasteiger partial charge in [0.05, 0.1) is 12.2 Å². The molecule has 5 atom stereocenters. The van der Waals surface area contributed by atoms with Crippen molar-refractivity contribution in [3.05, 3.63) is 48.6 Å². The van der Waals surface area contributed by atoms with Crippen molar-refractivity contribution in [2.75, 3.05) is 14.1 Å². The molecule has 270 valence electrons. The Labute approximate surface area is 293 Å². The Morgan fingerprint density at radius 2 is 0.936 bits per heavy atom. The van der Waals surface area contributed by atoms with Gasteiger partial charge in [-0.2, -0.15) is 0 Å². The zero-order valence-corrected chi connectivity index (χ0v) is 31.7. The van der Waals surface area contributed by atoms with Crippen molar-refractivity contribution in [2.24, 2.45) is 11.8 Å². The molecule has 47 heavy (non-hydrogen) atoms. The summed E-state index contributed by atoms with van der Waals surface area (Å²) >= 11 is 0. The van der Waals surface area contributed by atoms with E-state index in [9.17, 15) is 0 Å². The van der Waals surface area contributed by atoms with E-state index in [0.717, 1.165) is 25.7 Å². The molecule has 0 N–H and O–H groups in total. The lowest BCUT2D eigenvalue weighted by atomic mass is 9.90. The molecular formula is C44H77NO2. The zero-order chi connectivity index (χ0) is 33.4. The molecule has 0 aromatic carbocycles. The molecule has 2 saturated carbocycles. The SMILES string of the molecule is CCCC/C=C\C/C=C\CCCCCCCCC1(CCCCCCCC/C=C\C/C=C\CCCC)O[C@@H]2C3CC(C[C@@H]3N(C)C)[C@@H]2O1. The fraction of sp³-hybridized carbons (Fsp3) is 0.818. The Kier molecular flexibility index (Phi) is 21.3. The molecule has 2 unspecified atom stereocenters. The summed E-state index contributed by atoms with van der Waals surface area (Å²) in [6.07, 6.45) is 52.6. The second-order valence-electron chi connectivity index (χ2n) is 15.5. The third kappa shape index (κ3) is 15.5. The molecule has 1 aliphatic heterocycles. The lowest BCUT2D eigenvalue weighted by Crippen LogP contribution is -2.43. The zero-order valence-electron chi connectivity index (χ0n) is 31.7. The highest BCUT2D eigenvalue weighted by Gasteiger charge is 2.62. The number of ether oxygens (including phenoxy) is 2. The monoisotopic (exact) mass is 652 g/mol. The number of hydrogen-bond donors (Lipinski definition) is 0. The number of rotatable bonds is 29. The smallest absolute Gasteiger partial charge is 0.169 e. The van der Waals surface area contributed by atoms with Gasteiger partial charge in [-0.05, 0) is 97.1 Å². The predicted molar refractivity (Wildman–Crippen MR) is 205 cm³/mol. The van der Waals surface area contributed by atoms with Gasteiger partial charge in [0.2, 0.25) is 0 Å². The number of fused-ring (bicyclic) bond motifs is 5. The highest BCUT2D eigenvalue weighted by molar-refractivity contribution is 5.09. The molecule has 3 heteroatoms. The number of hydrogen-bond acceptors (Lipinski definition) is 3. The van der Waals surface area contributed by atoms with Crippen molar-refractivity contribution >= 4 is 0 Å². The third-order valence-corrected chi connectivity index (χ3v) is 11.2. The summed E-state index contributed by atoms with van der Waals surface area (Å²) in [5.74, 6) is 1.06. The van der Waals surface area contributed by atoms with Gasteiger partial charge >= 0.3 is 0 Å². The first-order valence-corrected chi connectivity index (χ1v) is 20.7. The van der Waals surface area contributed by atoms with Gasteiger partial charge in [0.15, 0.2) is 5.79 Å². The molecule has 1 heterocycles. The maximum atomic E-state index is 7.05. The van der Waals surface area contributed by atoms with Crippen LogP contribution in [0.4, 0.5) is 0 Å². The maximum absolute atomic E-state index is 7.05. The Balaban J connectivity index is 1.29. The van der Waals surface area contributed by atoms with Crippen LogP contribution >= 0.6 is 0 Å². The van der Waals surface area contributed by atoms with E-state index in [2.05, 4.69) is 81.5 Å². The van der Waals surface area contributed by atoms with Crippen LogP contribution in [0.15, 0.2) is 48.6 Å². The highest BCUT2D eigenvalue weighted by atomic mass is 16.8. The van der Waals surface area contributed by atoms with E-state index in [-0.39, 0.29) is 5.79 Å². The van der Waals surface area contributed by atoms with Crippen molar-refractivity contribution in [1.29, 1.82) is 0 Å². The van der Waals surface area contributed by atoms with Gasteiger partial charge in [0.1, 0.15) is 0 Å². The number of allylic oxidation sites excluding steroid dienone is 8. The molecule has 3 rings (SSSR count). The molecule has 3 nitrogen and oxygen atoms in total. The first-order chi connectivity index (χ1) is 23.1. The quantitative estimate of drug-likeness (QED) is 0.0593. The third-order valence-electron chi connectivity index (χ3n) is 11.2. The van der Waals surface area contributed by atoms with Crippen LogP contribution in [0, 0.1) is 11.8 Å². The van der Waals surface area contributed by atoms with Crippen LogP contribution in [0.25, 0.3) is 0 Å². The Morgan fingerprint density at radius 1 is 0.511 bits per heavy atom. The normalized spacial score (nSPS) is 25.3. The summed E-state index contributed by atoms with van der Waals surface area (Å²) in [4.78, 5) is 2.45. The van der Waals surface area contributed by atoms with Crippen molar-refractivity contribution in [2.45, 2.75) is 205 Å². The minimum atomic E-state index is -0.307. The van der Waals surface area contributed by atoms with Gasteiger partial charge in [-0.25, -0.2) is 0 Å². The van der Waals surface area contributed by atoms with Gasteiger partial charge < -0.3 is 14.4 Å². The molecule has 2 bridgehead atoms. The van der Waals surface area contributed by atoms with E-state index < -0.39 is 0 Å². The van der Waals surface area contributed by atoms with Crippen LogP contribution in [0.3, 0.4) is 0 Å². The van der Waals surface area contributed by atoms with E-state index in [1.54, 1.807) is 0 Å². The van der Waals surface area contributed by atoms with Gasteiger partial charge in [-0.15, -0.1) is 0 Å². The summed E-state index contributed by atoms with van der Waals surface area (Å²) in [6, 6.07) is 0.676. The predicted octanol–water partition coefficient (Wildman–Crippen LogP) is 13.1. The van der Waals surface area contributed by atoms with Crippen LogP contribution < -0.4 is 0 Å². The number of nitrogens with zero attached hydrogens (tertiary/aromatic N) is 1. The first-order valence-electron chi connectivity index (χ1n) is 20.7. The lowest BCUT2D eigenvalue weighted by Gasteiger charge is -2.33. The minimum absolute atomic E-state index is 0.307. The van der Waals surface area contributed by atoms with Crippen molar-refractivity contribution in [3.63, 3.8) is 0 Å². The van der Waals surface area contributed by atoms with Crippen LogP contribution in [-0.2, 0) is 9.47 Å². The summed E-state index contributed by atoms with van der Waals surface area (Å²) in [5, 5.41) is 0. The van der Waals surface area contributed by atoms with E-state index in [1.807, 2.05) is 0 Å². The first kappa shape index (κ1) is 40.3. The Morgan fingerprint density at radius 3 is 1.40 bits per heavy atom. The topological polar surface area (TPSA) is 21.7 Å². The van der Waals surface area contributed by atoms with Gasteiger partial charge in [-0.1, -0.05) is 140 Å². The van der Waals surface area contributed by atoms with E-state index in [4.69, 9.17) is 9.47 Å². The van der Waals surface area contributed by atoms with Crippen molar-refractivity contribution in [1.82, 2.24) is 4.90 Å². The van der Waals surface area contributed by atoms with Crippen LogP contribution in [0.5, 0.6) is 0 Å². The Hall–Kier alpha value is -1.16. The van der Waals surface area contributed by atoms with Crippen molar-refractivity contribution < 1.29 is 9.47 Å². The van der Waals surface area contributed by atoms with Crippen LogP contribution in [0.1, 0.15) is 181 Å². The Bertz CT molecular complexity index is 841. The molecule has 0 spiro atoms. The molecule has 0 amide bonds. The standard InChI is InChI=1S/C44H77NO2/c1-5-7-9-11-13-15-17-19-21-23-25-27-29-31-33-35-44(46-42-39-37-40(43(42)47-44)41(38-39)45(3)4)36-34-32-30-28-26-24-22-20-18-16-14-12-10-8-6-2/h11-14,17-20,39-43H,5-10,15-16,21-38H2,1-4H3/b13-11-,14-12-,19-17-,20-18-/t39?,40?,41-,42-,43+/m0/s1. The van der Waals surface area contributed by atoms with E-state index in [1.165, 1.54) is 141 Å². The minimum Gasteiger partial charge on any atom is -0.344 e. The second-order valence-corrected chi connectivity index (χ2v) is 15.5. The molecular weight excluding hydrogens is 574 g/mol. The highest BCUT2D eigenvalue weighted by Crippen LogP contribution is 2.55. The summed E-state index contributed by atoms with van der Waals surface area (Å²) in [5.41, 5.74) is 0. The summed E-state index contributed by atoms with van der Waals surface area (Å²) in [7, 11) is 4.52. The molecule has 0 radical (unpaired) electrons. The average molecular weight is 652 g/mol.